The highest BCUT2D eigenvalue weighted by Gasteiger charge is 2.14. The molecule has 0 radical (unpaired) electrons. The first-order chi connectivity index (χ1) is 10.6. The van der Waals surface area contributed by atoms with Crippen LogP contribution < -0.4 is 10.5 Å². The predicted octanol–water partition coefficient (Wildman–Crippen LogP) is 5.17. The summed E-state index contributed by atoms with van der Waals surface area (Å²) in [7, 11) is 0. The van der Waals surface area contributed by atoms with E-state index in [1.807, 2.05) is 0 Å². The zero-order chi connectivity index (χ0) is 16.4. The minimum atomic E-state index is -0.711. The molecule has 0 unspecified atom stereocenters. The summed E-state index contributed by atoms with van der Waals surface area (Å²) in [5, 5.41) is 0. The van der Waals surface area contributed by atoms with Gasteiger partial charge in [0.05, 0.1) is 0 Å². The van der Waals surface area contributed by atoms with E-state index in [0.717, 1.165) is 61.8 Å². The fourth-order valence-corrected chi connectivity index (χ4v) is 2.69. The largest absolute Gasteiger partial charge is 0.410 e. The average Bonchev–Trinajstić information content (AvgIpc) is 2.50. The third kappa shape index (κ3) is 6.08. The average molecular weight is 305 g/mol. The first-order valence-corrected chi connectivity index (χ1v) is 8.74. The van der Waals surface area contributed by atoms with E-state index in [1.165, 1.54) is 18.4 Å². The molecule has 0 aromatic heterocycles. The minimum absolute atomic E-state index is 0.711. The number of aryl methyl sites for hydroxylation is 3. The third-order valence-corrected chi connectivity index (χ3v) is 3.92. The van der Waals surface area contributed by atoms with Crippen LogP contribution in [0.15, 0.2) is 12.1 Å². The van der Waals surface area contributed by atoms with E-state index < -0.39 is 6.09 Å². The van der Waals surface area contributed by atoms with E-state index in [-0.39, 0.29) is 0 Å². The monoisotopic (exact) mass is 305 g/mol. The molecule has 0 bridgehead atoms. The van der Waals surface area contributed by atoms with Gasteiger partial charge in [0.1, 0.15) is 5.75 Å². The van der Waals surface area contributed by atoms with Crippen LogP contribution in [0.2, 0.25) is 0 Å². The number of carbonyl (C=O) groups excluding carboxylic acids is 1. The molecule has 1 rings (SSSR count). The van der Waals surface area contributed by atoms with Gasteiger partial charge in [-0.15, -0.1) is 0 Å². The molecule has 0 saturated carbocycles. The number of hydrogen-bond acceptors (Lipinski definition) is 2. The Kier molecular flexibility index (Phi) is 8.64. The van der Waals surface area contributed by atoms with Crippen LogP contribution in [0.5, 0.6) is 5.75 Å². The lowest BCUT2D eigenvalue weighted by molar-refractivity contribution is 0.210. The number of nitrogens with two attached hydrogens (primary N) is 1. The lowest BCUT2D eigenvalue weighted by Gasteiger charge is -2.16. The zero-order valence-corrected chi connectivity index (χ0v) is 14.4. The number of primary amides is 1. The second-order valence-electron chi connectivity index (χ2n) is 5.97. The van der Waals surface area contributed by atoms with Crippen molar-refractivity contribution in [3.05, 3.63) is 28.8 Å². The van der Waals surface area contributed by atoms with Crippen LogP contribution in [-0.2, 0) is 19.3 Å². The molecule has 0 saturated heterocycles. The van der Waals surface area contributed by atoms with E-state index in [4.69, 9.17) is 10.5 Å². The van der Waals surface area contributed by atoms with Crippen LogP contribution in [0.3, 0.4) is 0 Å². The van der Waals surface area contributed by atoms with Gasteiger partial charge in [0.25, 0.3) is 0 Å². The summed E-state index contributed by atoms with van der Waals surface area (Å²) in [6.07, 6.45) is 9.09. The molecule has 1 aromatic rings. The van der Waals surface area contributed by atoms with Crippen LogP contribution in [0.25, 0.3) is 0 Å². The van der Waals surface area contributed by atoms with Gasteiger partial charge in [0.2, 0.25) is 0 Å². The van der Waals surface area contributed by atoms with Gasteiger partial charge in [-0.3, -0.25) is 0 Å². The molecule has 22 heavy (non-hydrogen) atoms. The minimum Gasteiger partial charge on any atom is -0.410 e. The Morgan fingerprint density at radius 3 is 1.77 bits per heavy atom. The van der Waals surface area contributed by atoms with Crippen LogP contribution >= 0.6 is 0 Å². The summed E-state index contributed by atoms with van der Waals surface area (Å²) in [5.41, 5.74) is 8.91. The molecule has 0 spiro atoms. The number of ether oxygens (including phenoxy) is 1. The molecule has 2 N–H and O–H groups in total. The topological polar surface area (TPSA) is 52.3 Å². The van der Waals surface area contributed by atoms with Crippen molar-refractivity contribution in [2.75, 3.05) is 0 Å². The molecule has 124 valence electrons. The van der Waals surface area contributed by atoms with Gasteiger partial charge >= 0.3 is 6.09 Å². The number of hydrogen-bond donors (Lipinski definition) is 1. The highest BCUT2D eigenvalue weighted by Crippen LogP contribution is 2.30. The van der Waals surface area contributed by atoms with E-state index in [1.54, 1.807) is 0 Å². The standard InChI is InChI=1S/C19H31NO2/c1-4-7-10-15-13-16(11-8-5-2)18(22-19(20)21)17(14-15)12-9-6-3/h13-14H,4-12H2,1-3H3,(H2,20,21). The maximum absolute atomic E-state index is 11.3. The summed E-state index contributed by atoms with van der Waals surface area (Å²) < 4.78 is 5.37. The fraction of sp³-hybridized carbons (Fsp3) is 0.632. The van der Waals surface area contributed by atoms with Crippen LogP contribution in [0, 0.1) is 0 Å². The quantitative estimate of drug-likeness (QED) is 0.648. The van der Waals surface area contributed by atoms with Gasteiger partial charge in [-0.2, -0.15) is 0 Å². The van der Waals surface area contributed by atoms with Gasteiger partial charge in [-0.1, -0.05) is 52.2 Å². The molecule has 1 aromatic carbocycles. The number of unbranched alkanes of at least 4 members (excludes halogenated alkanes) is 3. The number of rotatable bonds is 10. The Balaban J connectivity index is 3.16. The highest BCUT2D eigenvalue weighted by atomic mass is 16.5. The Labute approximate surface area is 135 Å². The first kappa shape index (κ1) is 18.5. The van der Waals surface area contributed by atoms with E-state index in [9.17, 15) is 4.79 Å². The molecule has 0 aliphatic rings. The summed E-state index contributed by atoms with van der Waals surface area (Å²) in [6, 6.07) is 4.41. The predicted molar refractivity (Wildman–Crippen MR) is 92.5 cm³/mol. The van der Waals surface area contributed by atoms with Gasteiger partial charge < -0.3 is 10.5 Å². The number of benzene rings is 1. The van der Waals surface area contributed by atoms with Gasteiger partial charge in [0, 0.05) is 0 Å². The van der Waals surface area contributed by atoms with E-state index in [2.05, 4.69) is 32.9 Å². The summed E-state index contributed by atoms with van der Waals surface area (Å²) >= 11 is 0. The smallest absolute Gasteiger partial charge is 0.409 e. The molecular weight excluding hydrogens is 274 g/mol. The molecule has 0 fully saturated rings. The fourth-order valence-electron chi connectivity index (χ4n) is 2.69. The first-order valence-electron chi connectivity index (χ1n) is 8.74. The molecule has 3 nitrogen and oxygen atoms in total. The Bertz CT molecular complexity index is 439. The molecule has 0 aliphatic carbocycles. The van der Waals surface area contributed by atoms with Crippen molar-refractivity contribution in [2.24, 2.45) is 5.73 Å². The zero-order valence-electron chi connectivity index (χ0n) is 14.4. The summed E-state index contributed by atoms with van der Waals surface area (Å²) in [4.78, 5) is 11.3. The van der Waals surface area contributed by atoms with Crippen molar-refractivity contribution in [1.82, 2.24) is 0 Å². The number of carbonyl (C=O) groups is 1. The maximum Gasteiger partial charge on any atom is 0.409 e. The van der Waals surface area contributed by atoms with Crippen molar-refractivity contribution in [3.63, 3.8) is 0 Å². The van der Waals surface area contributed by atoms with Gasteiger partial charge in [-0.05, 0) is 55.2 Å². The molecule has 0 heterocycles. The SMILES string of the molecule is CCCCc1cc(CCCC)c(OC(N)=O)c(CCCC)c1. The molecule has 0 aliphatic heterocycles. The highest BCUT2D eigenvalue weighted by molar-refractivity contribution is 5.69. The van der Waals surface area contributed by atoms with Crippen LogP contribution in [0.4, 0.5) is 4.79 Å². The normalized spacial score (nSPS) is 10.7. The van der Waals surface area contributed by atoms with Crippen molar-refractivity contribution < 1.29 is 9.53 Å². The van der Waals surface area contributed by atoms with Crippen LogP contribution in [0.1, 0.15) is 76.0 Å². The maximum atomic E-state index is 11.3. The molecule has 3 heteroatoms. The van der Waals surface area contributed by atoms with Crippen molar-refractivity contribution in [2.45, 2.75) is 78.6 Å². The summed E-state index contributed by atoms with van der Waals surface area (Å²) in [6.45, 7) is 6.56. The number of amides is 1. The Hall–Kier alpha value is -1.51. The Morgan fingerprint density at radius 2 is 1.36 bits per heavy atom. The van der Waals surface area contributed by atoms with Crippen molar-refractivity contribution in [1.29, 1.82) is 0 Å². The molecular formula is C19H31NO2. The molecule has 1 amide bonds. The lowest BCUT2D eigenvalue weighted by atomic mass is 9.95. The van der Waals surface area contributed by atoms with Gasteiger partial charge in [0.15, 0.2) is 0 Å². The van der Waals surface area contributed by atoms with Gasteiger partial charge in [-0.25, -0.2) is 4.79 Å². The second kappa shape index (κ2) is 10.3. The van der Waals surface area contributed by atoms with E-state index >= 15 is 0 Å². The summed E-state index contributed by atoms with van der Waals surface area (Å²) in [5.74, 6) is 0.717. The van der Waals surface area contributed by atoms with Crippen molar-refractivity contribution >= 4 is 6.09 Å². The second-order valence-corrected chi connectivity index (χ2v) is 5.97. The van der Waals surface area contributed by atoms with Crippen molar-refractivity contribution in [3.8, 4) is 5.75 Å². The van der Waals surface area contributed by atoms with E-state index in [0.29, 0.717) is 0 Å². The Morgan fingerprint density at radius 1 is 0.909 bits per heavy atom. The lowest BCUT2D eigenvalue weighted by Crippen LogP contribution is -2.18. The molecule has 0 atom stereocenters. The van der Waals surface area contributed by atoms with Crippen LogP contribution in [-0.4, -0.2) is 6.09 Å². The third-order valence-electron chi connectivity index (χ3n) is 3.92.